The minimum atomic E-state index is -1.14. The summed E-state index contributed by atoms with van der Waals surface area (Å²) in [5.41, 5.74) is -1.08. The first kappa shape index (κ1) is 9.01. The number of fused-ring (bicyclic) bond motifs is 1. The number of nitrogens with zero attached hydrogens (tertiary/aromatic N) is 1. The fourth-order valence-electron chi connectivity index (χ4n) is 1.20. The molecule has 0 atom stereocenters. The predicted molar refractivity (Wildman–Crippen MR) is 48.4 cm³/mol. The molecule has 3 nitrogen and oxygen atoms in total. The molecule has 6 heteroatoms. The number of halogens is 2. The third-order valence-corrected chi connectivity index (χ3v) is 2.72. The lowest BCUT2D eigenvalue weighted by Crippen LogP contribution is -1.96. The highest BCUT2D eigenvalue weighted by atomic mass is 32.1. The largest absolute Gasteiger partial charge is 0.341 e. The Morgan fingerprint density at radius 2 is 2.14 bits per heavy atom. The van der Waals surface area contributed by atoms with E-state index in [-0.39, 0.29) is 4.70 Å². The lowest BCUT2D eigenvalue weighted by atomic mass is 10.2. The first-order valence-corrected chi connectivity index (χ1v) is 4.49. The predicted octanol–water partition coefficient (Wildman–Crippen LogP) is 3.09. The van der Waals surface area contributed by atoms with E-state index in [2.05, 4.69) is 0 Å². The Morgan fingerprint density at radius 1 is 1.43 bits per heavy atom. The molecule has 2 aromatic rings. The van der Waals surface area contributed by atoms with Crippen LogP contribution in [0.5, 0.6) is 0 Å². The van der Waals surface area contributed by atoms with E-state index >= 15 is 0 Å². The monoisotopic (exact) mass is 215 g/mol. The smallest absolute Gasteiger partial charge is 0.258 e. The Balaban J connectivity index is 2.89. The van der Waals surface area contributed by atoms with Crippen molar-refractivity contribution < 1.29 is 13.7 Å². The molecule has 14 heavy (non-hydrogen) atoms. The molecule has 0 aliphatic carbocycles. The molecule has 1 aromatic carbocycles. The van der Waals surface area contributed by atoms with Crippen molar-refractivity contribution in [2.24, 2.45) is 0 Å². The van der Waals surface area contributed by atoms with Gasteiger partial charge < -0.3 is 0 Å². The molecule has 0 saturated carbocycles. The SMILES string of the molecule is O=[N+]([O-])c1c(F)cc2ccsc2c1F. The highest BCUT2D eigenvalue weighted by Gasteiger charge is 2.24. The van der Waals surface area contributed by atoms with E-state index < -0.39 is 22.2 Å². The topological polar surface area (TPSA) is 43.1 Å². The van der Waals surface area contributed by atoms with Gasteiger partial charge in [0.05, 0.1) is 9.62 Å². The van der Waals surface area contributed by atoms with Crippen LogP contribution in [0, 0.1) is 21.7 Å². The zero-order valence-corrected chi connectivity index (χ0v) is 7.48. The third-order valence-electron chi connectivity index (χ3n) is 1.79. The van der Waals surface area contributed by atoms with Gasteiger partial charge in [0.15, 0.2) is 0 Å². The van der Waals surface area contributed by atoms with Gasteiger partial charge in [-0.25, -0.2) is 0 Å². The summed E-state index contributed by atoms with van der Waals surface area (Å²) in [6, 6.07) is 2.48. The number of benzene rings is 1. The number of nitro benzene ring substituents is 1. The summed E-state index contributed by atoms with van der Waals surface area (Å²) in [6.45, 7) is 0. The summed E-state index contributed by atoms with van der Waals surface area (Å²) < 4.78 is 26.5. The van der Waals surface area contributed by atoms with E-state index in [1.807, 2.05) is 0 Å². The third kappa shape index (κ3) is 1.15. The van der Waals surface area contributed by atoms with Gasteiger partial charge in [-0.2, -0.15) is 8.78 Å². The van der Waals surface area contributed by atoms with Gasteiger partial charge in [-0.3, -0.25) is 10.1 Å². The zero-order valence-electron chi connectivity index (χ0n) is 6.66. The lowest BCUT2D eigenvalue weighted by Gasteiger charge is -1.96. The fourth-order valence-corrected chi connectivity index (χ4v) is 2.01. The molecular weight excluding hydrogens is 212 g/mol. The molecule has 0 aliphatic heterocycles. The Morgan fingerprint density at radius 3 is 2.79 bits per heavy atom. The highest BCUT2D eigenvalue weighted by Crippen LogP contribution is 2.32. The van der Waals surface area contributed by atoms with E-state index in [1.165, 1.54) is 6.07 Å². The van der Waals surface area contributed by atoms with Gasteiger partial charge in [-0.1, -0.05) is 0 Å². The Hall–Kier alpha value is -1.56. The Kier molecular flexibility index (Phi) is 1.92. The molecule has 0 spiro atoms. The minimum absolute atomic E-state index is 0.109. The summed E-state index contributed by atoms with van der Waals surface area (Å²) in [6.07, 6.45) is 0. The van der Waals surface area contributed by atoms with Crippen LogP contribution < -0.4 is 0 Å². The molecular formula is C8H3F2NO2S. The molecule has 72 valence electrons. The van der Waals surface area contributed by atoms with Crippen LogP contribution >= 0.6 is 11.3 Å². The summed E-state index contributed by atoms with van der Waals surface area (Å²) >= 11 is 1.01. The highest BCUT2D eigenvalue weighted by molar-refractivity contribution is 7.17. The molecule has 2 rings (SSSR count). The number of nitro groups is 1. The van der Waals surface area contributed by atoms with Gasteiger partial charge in [-0.05, 0) is 22.9 Å². The fraction of sp³-hybridized carbons (Fsp3) is 0. The van der Waals surface area contributed by atoms with Crippen molar-refractivity contribution in [3.63, 3.8) is 0 Å². The van der Waals surface area contributed by atoms with Crippen molar-refractivity contribution >= 4 is 27.1 Å². The Bertz CT molecular complexity index is 523. The quantitative estimate of drug-likeness (QED) is 0.542. The normalized spacial score (nSPS) is 10.7. The molecule has 0 aliphatic rings. The van der Waals surface area contributed by atoms with Crippen molar-refractivity contribution in [2.75, 3.05) is 0 Å². The Labute approximate surface area is 80.7 Å². The average Bonchev–Trinajstić information content (AvgIpc) is 2.50. The van der Waals surface area contributed by atoms with Crippen LogP contribution in [0.4, 0.5) is 14.5 Å². The van der Waals surface area contributed by atoms with Gasteiger partial charge in [0.2, 0.25) is 11.6 Å². The van der Waals surface area contributed by atoms with Gasteiger partial charge in [0, 0.05) is 0 Å². The second kappa shape index (κ2) is 2.98. The van der Waals surface area contributed by atoms with Crippen LogP contribution in [0.1, 0.15) is 0 Å². The molecule has 0 bridgehead atoms. The van der Waals surface area contributed by atoms with Gasteiger partial charge >= 0.3 is 5.69 Å². The van der Waals surface area contributed by atoms with Crippen LogP contribution in [-0.2, 0) is 0 Å². The van der Waals surface area contributed by atoms with Crippen LogP contribution in [-0.4, -0.2) is 4.92 Å². The van der Waals surface area contributed by atoms with Crippen molar-refractivity contribution in [2.45, 2.75) is 0 Å². The molecule has 0 fully saturated rings. The molecule has 1 heterocycles. The first-order valence-electron chi connectivity index (χ1n) is 3.61. The van der Waals surface area contributed by atoms with E-state index in [9.17, 15) is 18.9 Å². The number of thiophene rings is 1. The summed E-state index contributed by atoms with van der Waals surface area (Å²) in [5, 5.41) is 12.2. The van der Waals surface area contributed by atoms with Crippen LogP contribution in [0.15, 0.2) is 17.5 Å². The van der Waals surface area contributed by atoms with Crippen molar-refractivity contribution in [3.05, 3.63) is 39.3 Å². The maximum atomic E-state index is 13.3. The lowest BCUT2D eigenvalue weighted by molar-refractivity contribution is -0.390. The van der Waals surface area contributed by atoms with Gasteiger partial charge in [0.25, 0.3) is 0 Å². The number of hydrogen-bond donors (Lipinski definition) is 0. The minimum Gasteiger partial charge on any atom is -0.258 e. The average molecular weight is 215 g/mol. The standard InChI is InChI=1S/C8H3F2NO2S/c9-5-3-4-1-2-14-8(4)6(10)7(5)11(12)13/h1-3H. The van der Waals surface area contributed by atoms with Crippen LogP contribution in [0.2, 0.25) is 0 Å². The summed E-state index contributed by atoms with van der Waals surface area (Å²) in [4.78, 5) is 9.29. The summed E-state index contributed by atoms with van der Waals surface area (Å²) in [5.74, 6) is -2.24. The van der Waals surface area contributed by atoms with E-state index in [0.717, 1.165) is 17.4 Å². The van der Waals surface area contributed by atoms with Gasteiger partial charge in [0.1, 0.15) is 0 Å². The molecule has 0 radical (unpaired) electrons. The number of hydrogen-bond acceptors (Lipinski definition) is 3. The van der Waals surface area contributed by atoms with Crippen LogP contribution in [0.3, 0.4) is 0 Å². The molecule has 0 N–H and O–H groups in total. The van der Waals surface area contributed by atoms with E-state index in [0.29, 0.717) is 5.39 Å². The number of rotatable bonds is 1. The molecule has 0 amide bonds. The van der Waals surface area contributed by atoms with Crippen molar-refractivity contribution in [1.29, 1.82) is 0 Å². The van der Waals surface area contributed by atoms with Gasteiger partial charge in [-0.15, -0.1) is 11.3 Å². The summed E-state index contributed by atoms with van der Waals surface area (Å²) in [7, 11) is 0. The molecule has 1 aromatic heterocycles. The molecule has 0 saturated heterocycles. The van der Waals surface area contributed by atoms with Crippen molar-refractivity contribution in [3.8, 4) is 0 Å². The van der Waals surface area contributed by atoms with Crippen molar-refractivity contribution in [1.82, 2.24) is 0 Å². The first-order chi connectivity index (χ1) is 6.61. The maximum absolute atomic E-state index is 13.3. The maximum Gasteiger partial charge on any atom is 0.341 e. The van der Waals surface area contributed by atoms with E-state index in [1.54, 1.807) is 5.38 Å². The molecule has 0 unspecified atom stereocenters. The van der Waals surface area contributed by atoms with Crippen LogP contribution in [0.25, 0.3) is 10.1 Å². The second-order valence-electron chi connectivity index (χ2n) is 2.62. The van der Waals surface area contributed by atoms with E-state index in [4.69, 9.17) is 0 Å². The second-order valence-corrected chi connectivity index (χ2v) is 3.53. The zero-order chi connectivity index (χ0) is 10.3.